The molecule has 4 heteroatoms. The van der Waals surface area contributed by atoms with Gasteiger partial charge in [0.25, 0.3) is 0 Å². The second-order valence-corrected chi connectivity index (χ2v) is 4.15. The maximum absolute atomic E-state index is 12.3. The van der Waals surface area contributed by atoms with Gasteiger partial charge in [0.05, 0.1) is 7.11 Å². The van der Waals surface area contributed by atoms with Gasteiger partial charge >= 0.3 is 5.97 Å². The van der Waals surface area contributed by atoms with Gasteiger partial charge in [-0.3, -0.25) is 9.59 Å². The smallest absolute Gasteiger partial charge is 0.308 e. The van der Waals surface area contributed by atoms with Crippen LogP contribution in [0.4, 0.5) is 0 Å². The zero-order valence-corrected chi connectivity index (χ0v) is 11.3. The summed E-state index contributed by atoms with van der Waals surface area (Å²) in [4.78, 5) is 23.3. The first-order chi connectivity index (χ1) is 9.61. The van der Waals surface area contributed by atoms with Crippen LogP contribution in [-0.2, 0) is 4.79 Å². The number of carbonyl (C=O) groups is 2. The first-order valence-electron chi connectivity index (χ1n) is 6.08. The Morgan fingerprint density at radius 3 is 2.20 bits per heavy atom. The summed E-state index contributed by atoms with van der Waals surface area (Å²) < 4.78 is 10.1. The van der Waals surface area contributed by atoms with Crippen molar-refractivity contribution in [2.24, 2.45) is 0 Å². The average Bonchev–Trinajstić information content (AvgIpc) is 2.47. The monoisotopic (exact) mass is 270 g/mol. The number of hydrogen-bond donors (Lipinski definition) is 0. The van der Waals surface area contributed by atoms with Crippen molar-refractivity contribution in [1.29, 1.82) is 0 Å². The summed E-state index contributed by atoms with van der Waals surface area (Å²) in [6, 6.07) is 13.7. The maximum atomic E-state index is 12.3. The number of hydrogen-bond acceptors (Lipinski definition) is 4. The van der Waals surface area contributed by atoms with Gasteiger partial charge in [-0.2, -0.15) is 0 Å². The second-order valence-electron chi connectivity index (χ2n) is 4.15. The Balaban J connectivity index is 2.34. The van der Waals surface area contributed by atoms with Crippen LogP contribution >= 0.6 is 0 Å². The van der Waals surface area contributed by atoms with Gasteiger partial charge in [0, 0.05) is 18.1 Å². The number of benzene rings is 2. The third kappa shape index (κ3) is 3.03. The van der Waals surface area contributed by atoms with E-state index in [1.54, 1.807) is 42.5 Å². The molecule has 0 bridgehead atoms. The van der Waals surface area contributed by atoms with Gasteiger partial charge in [-0.25, -0.2) is 0 Å². The fourth-order valence-electron chi connectivity index (χ4n) is 1.80. The molecule has 0 unspecified atom stereocenters. The molecule has 0 spiro atoms. The van der Waals surface area contributed by atoms with Crippen molar-refractivity contribution in [3.63, 3.8) is 0 Å². The second kappa shape index (κ2) is 6.02. The Bertz CT molecular complexity index is 632. The molecular weight excluding hydrogens is 256 g/mol. The summed E-state index contributed by atoms with van der Waals surface area (Å²) in [5, 5.41) is 0. The van der Waals surface area contributed by atoms with E-state index < -0.39 is 5.97 Å². The van der Waals surface area contributed by atoms with Crippen LogP contribution in [0.5, 0.6) is 11.5 Å². The van der Waals surface area contributed by atoms with Crippen molar-refractivity contribution >= 4 is 11.8 Å². The van der Waals surface area contributed by atoms with Crippen LogP contribution in [0.3, 0.4) is 0 Å². The number of ketones is 1. The molecule has 0 atom stereocenters. The van der Waals surface area contributed by atoms with Crippen LogP contribution in [0.1, 0.15) is 22.8 Å². The Hall–Kier alpha value is -2.62. The molecule has 0 N–H and O–H groups in total. The van der Waals surface area contributed by atoms with Crippen LogP contribution < -0.4 is 9.47 Å². The third-order valence-corrected chi connectivity index (χ3v) is 2.72. The predicted octanol–water partition coefficient (Wildman–Crippen LogP) is 2.85. The minimum atomic E-state index is -0.439. The van der Waals surface area contributed by atoms with E-state index >= 15 is 0 Å². The quantitative estimate of drug-likeness (QED) is 0.487. The van der Waals surface area contributed by atoms with Gasteiger partial charge in [-0.1, -0.05) is 30.3 Å². The minimum Gasteiger partial charge on any atom is -0.493 e. The van der Waals surface area contributed by atoms with E-state index in [-0.39, 0.29) is 5.78 Å². The largest absolute Gasteiger partial charge is 0.493 e. The normalized spacial score (nSPS) is 9.90. The highest BCUT2D eigenvalue weighted by Crippen LogP contribution is 2.29. The number of ether oxygens (including phenoxy) is 2. The number of rotatable bonds is 4. The molecule has 0 heterocycles. The van der Waals surface area contributed by atoms with Crippen molar-refractivity contribution in [3.8, 4) is 11.5 Å². The van der Waals surface area contributed by atoms with Crippen LogP contribution in [0.2, 0.25) is 0 Å². The summed E-state index contributed by atoms with van der Waals surface area (Å²) in [6.07, 6.45) is 0. The Morgan fingerprint density at radius 2 is 1.60 bits per heavy atom. The first-order valence-corrected chi connectivity index (χ1v) is 6.08. The molecule has 20 heavy (non-hydrogen) atoms. The fraction of sp³-hybridized carbons (Fsp3) is 0.125. The van der Waals surface area contributed by atoms with Gasteiger partial charge in [-0.05, 0) is 18.2 Å². The highest BCUT2D eigenvalue weighted by molar-refractivity contribution is 6.09. The molecule has 2 aromatic rings. The fourth-order valence-corrected chi connectivity index (χ4v) is 1.80. The molecule has 0 aliphatic rings. The summed E-state index contributed by atoms with van der Waals surface area (Å²) in [5.41, 5.74) is 1.07. The van der Waals surface area contributed by atoms with Crippen molar-refractivity contribution in [3.05, 3.63) is 59.7 Å². The minimum absolute atomic E-state index is 0.113. The Labute approximate surface area is 116 Å². The zero-order chi connectivity index (χ0) is 14.5. The van der Waals surface area contributed by atoms with Crippen molar-refractivity contribution in [1.82, 2.24) is 0 Å². The van der Waals surface area contributed by atoms with Gasteiger partial charge < -0.3 is 9.47 Å². The number of methoxy groups -OCH3 is 1. The lowest BCUT2D eigenvalue weighted by Crippen LogP contribution is -2.05. The molecule has 0 amide bonds. The van der Waals surface area contributed by atoms with Crippen molar-refractivity contribution in [2.75, 3.05) is 7.11 Å². The lowest BCUT2D eigenvalue weighted by molar-refractivity contribution is -0.132. The molecule has 102 valence electrons. The van der Waals surface area contributed by atoms with E-state index in [9.17, 15) is 9.59 Å². The van der Waals surface area contributed by atoms with E-state index in [1.807, 2.05) is 6.07 Å². The molecule has 0 radical (unpaired) electrons. The van der Waals surface area contributed by atoms with Gasteiger partial charge in [0.2, 0.25) is 0 Å². The molecule has 0 aliphatic carbocycles. The van der Waals surface area contributed by atoms with Crippen LogP contribution in [0.25, 0.3) is 0 Å². The SMILES string of the molecule is COc1cc(C(=O)c2ccccc2)ccc1OC(C)=O. The third-order valence-electron chi connectivity index (χ3n) is 2.72. The molecule has 2 rings (SSSR count). The predicted molar refractivity (Wildman–Crippen MR) is 74.2 cm³/mol. The molecule has 2 aromatic carbocycles. The standard InChI is InChI=1S/C16H14O4/c1-11(17)20-14-9-8-13(10-15(14)19-2)16(18)12-6-4-3-5-7-12/h3-10H,1-2H3. The van der Waals surface area contributed by atoms with Crippen LogP contribution in [0, 0.1) is 0 Å². The maximum Gasteiger partial charge on any atom is 0.308 e. The molecule has 0 aromatic heterocycles. The van der Waals surface area contributed by atoms with Crippen LogP contribution in [-0.4, -0.2) is 18.9 Å². The van der Waals surface area contributed by atoms with Gasteiger partial charge in [-0.15, -0.1) is 0 Å². The number of carbonyl (C=O) groups excluding carboxylic acids is 2. The lowest BCUT2D eigenvalue weighted by atomic mass is 10.0. The summed E-state index contributed by atoms with van der Waals surface area (Å²) in [7, 11) is 1.46. The summed E-state index contributed by atoms with van der Waals surface area (Å²) in [6.45, 7) is 1.31. The molecule has 0 saturated heterocycles. The van der Waals surface area contributed by atoms with Crippen LogP contribution in [0.15, 0.2) is 48.5 Å². The summed E-state index contributed by atoms with van der Waals surface area (Å²) in [5.74, 6) is 0.0929. The highest BCUT2D eigenvalue weighted by Gasteiger charge is 2.13. The van der Waals surface area contributed by atoms with E-state index in [2.05, 4.69) is 0 Å². The molecular formula is C16H14O4. The Morgan fingerprint density at radius 1 is 0.900 bits per heavy atom. The van der Waals surface area contributed by atoms with E-state index in [1.165, 1.54) is 14.0 Å². The zero-order valence-electron chi connectivity index (χ0n) is 11.3. The number of esters is 1. The first kappa shape index (κ1) is 13.8. The van der Waals surface area contributed by atoms with Gasteiger partial charge in [0.15, 0.2) is 17.3 Å². The van der Waals surface area contributed by atoms with E-state index in [0.29, 0.717) is 22.6 Å². The highest BCUT2D eigenvalue weighted by atomic mass is 16.6. The molecule has 0 aliphatic heterocycles. The topological polar surface area (TPSA) is 52.6 Å². The molecule has 0 saturated carbocycles. The van der Waals surface area contributed by atoms with Gasteiger partial charge in [0.1, 0.15) is 0 Å². The Kier molecular flexibility index (Phi) is 4.15. The van der Waals surface area contributed by atoms with E-state index in [4.69, 9.17) is 9.47 Å². The van der Waals surface area contributed by atoms with Crippen molar-refractivity contribution in [2.45, 2.75) is 6.92 Å². The van der Waals surface area contributed by atoms with Crippen molar-refractivity contribution < 1.29 is 19.1 Å². The molecule has 4 nitrogen and oxygen atoms in total. The average molecular weight is 270 g/mol. The lowest BCUT2D eigenvalue weighted by Gasteiger charge is -2.09. The molecule has 0 fully saturated rings. The van der Waals surface area contributed by atoms with E-state index in [0.717, 1.165) is 0 Å². The summed E-state index contributed by atoms with van der Waals surface area (Å²) >= 11 is 0.